The van der Waals surface area contributed by atoms with Gasteiger partial charge in [-0.2, -0.15) is 0 Å². The number of esters is 1. The number of hydrogen-bond acceptors (Lipinski definition) is 4. The molecule has 0 aromatic heterocycles. The van der Waals surface area contributed by atoms with Crippen molar-refractivity contribution in [1.82, 2.24) is 0 Å². The van der Waals surface area contributed by atoms with E-state index in [2.05, 4.69) is 0 Å². The number of carbonyl (C=O) groups excluding carboxylic acids is 1. The van der Waals surface area contributed by atoms with Crippen LogP contribution in [0.15, 0.2) is 41.3 Å². The van der Waals surface area contributed by atoms with Gasteiger partial charge < -0.3 is 4.74 Å². The second kappa shape index (κ2) is 6.01. The minimum atomic E-state index is -4.46. The molecular formula is C16H10F3NO4S. The summed E-state index contributed by atoms with van der Waals surface area (Å²) in [6, 6.07) is 6.02. The van der Waals surface area contributed by atoms with Gasteiger partial charge in [0, 0.05) is 11.1 Å². The lowest BCUT2D eigenvalue weighted by atomic mass is 9.96. The molecule has 2 N–H and O–H groups in total. The summed E-state index contributed by atoms with van der Waals surface area (Å²) < 4.78 is 69.2. The summed E-state index contributed by atoms with van der Waals surface area (Å²) >= 11 is 0. The van der Waals surface area contributed by atoms with E-state index in [0.29, 0.717) is 12.1 Å². The number of ether oxygens (including phenoxy) is 1. The van der Waals surface area contributed by atoms with Crippen molar-refractivity contribution in [3.63, 3.8) is 0 Å². The number of nitrogens with two attached hydrogens (primary N) is 1. The monoisotopic (exact) mass is 369 g/mol. The number of benzene rings is 2. The molecule has 130 valence electrons. The van der Waals surface area contributed by atoms with Crippen molar-refractivity contribution in [1.29, 1.82) is 0 Å². The molecule has 0 unspecified atom stereocenters. The topological polar surface area (TPSA) is 86.5 Å². The fourth-order valence-corrected chi connectivity index (χ4v) is 3.13. The number of cyclic esters (lactones) is 1. The Hall–Kier alpha value is -2.65. The molecule has 0 fully saturated rings. The van der Waals surface area contributed by atoms with Gasteiger partial charge in [0.2, 0.25) is 10.0 Å². The van der Waals surface area contributed by atoms with Gasteiger partial charge in [0.05, 0.1) is 5.57 Å². The number of sulfonamides is 1. The van der Waals surface area contributed by atoms with Gasteiger partial charge in [-0.3, -0.25) is 0 Å². The molecule has 1 aliphatic heterocycles. The lowest BCUT2D eigenvalue weighted by Crippen LogP contribution is -2.15. The summed E-state index contributed by atoms with van der Waals surface area (Å²) in [6.07, 6.45) is 0. The largest absolute Gasteiger partial charge is 0.457 e. The Bertz CT molecular complexity index is 1030. The van der Waals surface area contributed by atoms with Gasteiger partial charge in [0.1, 0.15) is 29.0 Å². The summed E-state index contributed by atoms with van der Waals surface area (Å²) in [4.78, 5) is 11.0. The molecule has 0 radical (unpaired) electrons. The molecule has 0 amide bonds. The zero-order valence-electron chi connectivity index (χ0n) is 12.4. The number of primary sulfonamides is 1. The fourth-order valence-electron chi connectivity index (χ4n) is 2.53. The lowest BCUT2D eigenvalue weighted by molar-refractivity contribution is -0.133. The maximum atomic E-state index is 14.3. The molecule has 0 saturated heterocycles. The number of rotatable bonds is 3. The highest BCUT2D eigenvalue weighted by Crippen LogP contribution is 2.35. The zero-order valence-corrected chi connectivity index (χ0v) is 13.2. The van der Waals surface area contributed by atoms with E-state index in [9.17, 15) is 26.4 Å². The van der Waals surface area contributed by atoms with Gasteiger partial charge in [-0.25, -0.2) is 31.5 Å². The molecule has 5 nitrogen and oxygen atoms in total. The third-order valence-electron chi connectivity index (χ3n) is 3.62. The third kappa shape index (κ3) is 3.15. The average Bonchev–Trinajstić information content (AvgIpc) is 2.89. The van der Waals surface area contributed by atoms with Crippen LogP contribution >= 0.6 is 0 Å². The minimum absolute atomic E-state index is 0.0204. The molecule has 0 aliphatic carbocycles. The predicted octanol–water partition coefficient (Wildman–Crippen LogP) is 2.22. The van der Waals surface area contributed by atoms with E-state index in [-0.39, 0.29) is 28.9 Å². The van der Waals surface area contributed by atoms with Crippen LogP contribution in [-0.2, 0) is 19.6 Å². The summed E-state index contributed by atoms with van der Waals surface area (Å²) in [6.45, 7) is -0.365. The van der Waals surface area contributed by atoms with Crippen molar-refractivity contribution in [3.05, 3.63) is 65.0 Å². The van der Waals surface area contributed by atoms with Gasteiger partial charge in [-0.1, -0.05) is 12.1 Å². The summed E-state index contributed by atoms with van der Waals surface area (Å²) in [5.41, 5.74) is -0.378. The van der Waals surface area contributed by atoms with Gasteiger partial charge >= 0.3 is 5.97 Å². The highest BCUT2D eigenvalue weighted by Gasteiger charge is 2.30. The summed E-state index contributed by atoms with van der Waals surface area (Å²) in [5.74, 6) is -3.83. The van der Waals surface area contributed by atoms with E-state index in [0.717, 1.165) is 12.1 Å². The van der Waals surface area contributed by atoms with E-state index in [1.54, 1.807) is 0 Å². The first-order valence-electron chi connectivity index (χ1n) is 6.87. The molecule has 0 bridgehead atoms. The standard InChI is InChI=1S/C16H10F3NO4S/c17-9-3-1-2-8(4-9)15-11(7-24-16(15)21)10-5-13(19)14(6-12(10)18)25(20,22)23/h1-6H,7H2,(H2,20,22,23). The van der Waals surface area contributed by atoms with E-state index >= 15 is 0 Å². The first-order chi connectivity index (χ1) is 11.7. The lowest BCUT2D eigenvalue weighted by Gasteiger charge is -2.09. The van der Waals surface area contributed by atoms with Crippen LogP contribution < -0.4 is 5.14 Å². The zero-order chi connectivity index (χ0) is 18.4. The Labute approximate surface area is 140 Å². The highest BCUT2D eigenvalue weighted by molar-refractivity contribution is 7.89. The smallest absolute Gasteiger partial charge is 0.339 e. The van der Waals surface area contributed by atoms with Gasteiger partial charge in [-0.15, -0.1) is 0 Å². The van der Waals surface area contributed by atoms with E-state index < -0.39 is 38.3 Å². The maximum Gasteiger partial charge on any atom is 0.339 e. The molecule has 1 heterocycles. The van der Waals surface area contributed by atoms with Crippen LogP contribution in [0.4, 0.5) is 13.2 Å². The van der Waals surface area contributed by atoms with Crippen molar-refractivity contribution in [2.45, 2.75) is 4.90 Å². The Morgan fingerprint density at radius 2 is 1.76 bits per heavy atom. The van der Waals surface area contributed by atoms with Gasteiger partial charge in [0.15, 0.2) is 0 Å². The first kappa shape index (κ1) is 17.2. The summed E-state index contributed by atoms with van der Waals surface area (Å²) in [5, 5.41) is 4.82. The number of hydrogen-bond donors (Lipinski definition) is 1. The molecule has 3 rings (SSSR count). The normalized spacial score (nSPS) is 14.8. The second-order valence-electron chi connectivity index (χ2n) is 5.25. The van der Waals surface area contributed by atoms with Crippen LogP contribution in [0, 0.1) is 17.5 Å². The van der Waals surface area contributed by atoms with E-state index in [4.69, 9.17) is 9.88 Å². The molecule has 9 heteroatoms. The summed E-state index contributed by atoms with van der Waals surface area (Å²) in [7, 11) is -4.46. The van der Waals surface area contributed by atoms with E-state index in [1.807, 2.05) is 0 Å². The van der Waals surface area contributed by atoms with Crippen molar-refractivity contribution in [3.8, 4) is 0 Å². The fraction of sp³-hybridized carbons (Fsp3) is 0.0625. The number of halogens is 3. The van der Waals surface area contributed by atoms with Gasteiger partial charge in [-0.05, 0) is 29.8 Å². The predicted molar refractivity (Wildman–Crippen MR) is 81.9 cm³/mol. The molecule has 0 spiro atoms. The van der Waals surface area contributed by atoms with Crippen LogP contribution in [-0.4, -0.2) is 21.0 Å². The van der Waals surface area contributed by atoms with Crippen LogP contribution in [0.25, 0.3) is 11.1 Å². The molecule has 0 atom stereocenters. The Morgan fingerprint density at radius 3 is 2.40 bits per heavy atom. The number of carbonyl (C=O) groups is 1. The maximum absolute atomic E-state index is 14.3. The Morgan fingerprint density at radius 1 is 1.04 bits per heavy atom. The molecule has 2 aromatic carbocycles. The Balaban J connectivity index is 2.23. The van der Waals surface area contributed by atoms with Crippen LogP contribution in [0.2, 0.25) is 0 Å². The average molecular weight is 369 g/mol. The Kier molecular flexibility index (Phi) is 4.13. The van der Waals surface area contributed by atoms with Crippen LogP contribution in [0.3, 0.4) is 0 Å². The molecular weight excluding hydrogens is 359 g/mol. The molecule has 25 heavy (non-hydrogen) atoms. The SMILES string of the molecule is NS(=O)(=O)c1cc(F)c(C2=C(c3cccc(F)c3)C(=O)OC2)cc1F. The van der Waals surface area contributed by atoms with Gasteiger partial charge in [0.25, 0.3) is 0 Å². The molecule has 1 aliphatic rings. The third-order valence-corrected chi connectivity index (χ3v) is 4.55. The van der Waals surface area contributed by atoms with Crippen LogP contribution in [0.1, 0.15) is 11.1 Å². The molecule has 2 aromatic rings. The van der Waals surface area contributed by atoms with Crippen LogP contribution in [0.5, 0.6) is 0 Å². The second-order valence-corrected chi connectivity index (χ2v) is 6.78. The highest BCUT2D eigenvalue weighted by atomic mass is 32.2. The first-order valence-corrected chi connectivity index (χ1v) is 8.41. The van der Waals surface area contributed by atoms with Crippen molar-refractivity contribution >= 4 is 27.1 Å². The minimum Gasteiger partial charge on any atom is -0.457 e. The quantitative estimate of drug-likeness (QED) is 0.841. The van der Waals surface area contributed by atoms with Crippen molar-refractivity contribution in [2.75, 3.05) is 6.61 Å². The molecule has 0 saturated carbocycles. The van der Waals surface area contributed by atoms with E-state index in [1.165, 1.54) is 12.1 Å². The van der Waals surface area contributed by atoms with Crippen molar-refractivity contribution in [2.24, 2.45) is 5.14 Å². The van der Waals surface area contributed by atoms with Crippen molar-refractivity contribution < 1.29 is 31.1 Å².